The summed E-state index contributed by atoms with van der Waals surface area (Å²) in [5.74, 6) is 0.825. The molecule has 1 aliphatic heterocycles. The van der Waals surface area contributed by atoms with Gasteiger partial charge in [-0.3, -0.25) is 9.69 Å². The Morgan fingerprint density at radius 3 is 2.33 bits per heavy atom. The third kappa shape index (κ3) is 3.25. The predicted molar refractivity (Wildman–Crippen MR) is 74.5 cm³/mol. The molecule has 0 aromatic carbocycles. The zero-order chi connectivity index (χ0) is 13.1. The Morgan fingerprint density at radius 2 is 1.78 bits per heavy atom. The average molecular weight is 252 g/mol. The summed E-state index contributed by atoms with van der Waals surface area (Å²) in [6.07, 6.45) is 7.60. The molecule has 1 saturated carbocycles. The van der Waals surface area contributed by atoms with Crippen LogP contribution < -0.4 is 0 Å². The zero-order valence-electron chi connectivity index (χ0n) is 12.2. The number of hydrogen-bond donors (Lipinski definition) is 0. The lowest BCUT2D eigenvalue weighted by Crippen LogP contribution is -2.62. The van der Waals surface area contributed by atoms with Crippen molar-refractivity contribution < 1.29 is 4.79 Å². The summed E-state index contributed by atoms with van der Waals surface area (Å²) in [7, 11) is 2.25. The van der Waals surface area contributed by atoms with Gasteiger partial charge < -0.3 is 4.90 Å². The Bertz CT molecular complexity index is 278. The molecule has 0 aromatic rings. The summed E-state index contributed by atoms with van der Waals surface area (Å²) in [6.45, 7) is 6.14. The number of carbonyl (C=O) groups is 1. The second kappa shape index (κ2) is 6.05. The molecule has 0 spiro atoms. The highest BCUT2D eigenvalue weighted by Gasteiger charge is 2.35. The molecule has 3 heteroatoms. The Balaban J connectivity index is 1.72. The van der Waals surface area contributed by atoms with Crippen LogP contribution in [0.5, 0.6) is 0 Å². The molecule has 1 saturated heterocycles. The SMILES string of the molecule is CC(C)CC(=O)N1CC(N(C)C2CCCCC2)C1. The Morgan fingerprint density at radius 1 is 1.17 bits per heavy atom. The van der Waals surface area contributed by atoms with Gasteiger partial charge in [-0.1, -0.05) is 33.1 Å². The van der Waals surface area contributed by atoms with Crippen LogP contribution in [-0.2, 0) is 4.79 Å². The zero-order valence-corrected chi connectivity index (χ0v) is 12.2. The fourth-order valence-electron chi connectivity index (χ4n) is 3.18. The highest BCUT2D eigenvalue weighted by atomic mass is 16.2. The van der Waals surface area contributed by atoms with Gasteiger partial charge in [-0.05, 0) is 25.8 Å². The normalized spacial score (nSPS) is 22.6. The first-order valence-corrected chi connectivity index (χ1v) is 7.57. The van der Waals surface area contributed by atoms with E-state index in [0.717, 1.165) is 19.1 Å². The van der Waals surface area contributed by atoms with Crippen molar-refractivity contribution in [3.05, 3.63) is 0 Å². The largest absolute Gasteiger partial charge is 0.339 e. The van der Waals surface area contributed by atoms with Crippen molar-refractivity contribution in [2.45, 2.75) is 64.5 Å². The molecule has 0 bridgehead atoms. The standard InChI is InChI=1S/C15H28N2O/c1-12(2)9-15(18)17-10-14(11-17)16(3)13-7-5-4-6-8-13/h12-14H,4-11H2,1-3H3. The minimum absolute atomic E-state index is 0.346. The Hall–Kier alpha value is -0.570. The van der Waals surface area contributed by atoms with E-state index in [1.54, 1.807) is 0 Å². The third-order valence-electron chi connectivity index (χ3n) is 4.52. The van der Waals surface area contributed by atoms with Crippen molar-refractivity contribution >= 4 is 5.91 Å². The van der Waals surface area contributed by atoms with Crippen LogP contribution in [0.15, 0.2) is 0 Å². The maximum Gasteiger partial charge on any atom is 0.222 e. The molecule has 0 aromatic heterocycles. The average Bonchev–Trinajstić information content (AvgIpc) is 2.27. The van der Waals surface area contributed by atoms with Crippen molar-refractivity contribution in [2.75, 3.05) is 20.1 Å². The molecule has 1 aliphatic carbocycles. The lowest BCUT2D eigenvalue weighted by molar-refractivity contribution is -0.139. The number of rotatable bonds is 4. The van der Waals surface area contributed by atoms with Crippen molar-refractivity contribution in [3.8, 4) is 0 Å². The summed E-state index contributed by atoms with van der Waals surface area (Å²) in [5, 5.41) is 0. The third-order valence-corrected chi connectivity index (χ3v) is 4.52. The highest BCUT2D eigenvalue weighted by Crippen LogP contribution is 2.26. The van der Waals surface area contributed by atoms with E-state index in [1.807, 2.05) is 4.90 Å². The lowest BCUT2D eigenvalue weighted by atomic mass is 9.92. The number of amides is 1. The first kappa shape index (κ1) is 13.9. The maximum absolute atomic E-state index is 11.9. The van der Waals surface area contributed by atoms with Gasteiger partial charge in [-0.25, -0.2) is 0 Å². The van der Waals surface area contributed by atoms with E-state index in [2.05, 4.69) is 25.8 Å². The molecule has 0 unspecified atom stereocenters. The first-order valence-electron chi connectivity index (χ1n) is 7.57. The van der Waals surface area contributed by atoms with E-state index in [1.165, 1.54) is 32.1 Å². The van der Waals surface area contributed by atoms with Gasteiger partial charge >= 0.3 is 0 Å². The van der Waals surface area contributed by atoms with Crippen LogP contribution >= 0.6 is 0 Å². The second-order valence-electron chi connectivity index (χ2n) is 6.51. The van der Waals surface area contributed by atoms with Gasteiger partial charge in [-0.15, -0.1) is 0 Å². The molecular weight excluding hydrogens is 224 g/mol. The van der Waals surface area contributed by atoms with E-state index in [9.17, 15) is 4.79 Å². The maximum atomic E-state index is 11.9. The lowest BCUT2D eigenvalue weighted by Gasteiger charge is -2.47. The van der Waals surface area contributed by atoms with Crippen LogP contribution in [0.3, 0.4) is 0 Å². The van der Waals surface area contributed by atoms with Crippen molar-refractivity contribution in [1.29, 1.82) is 0 Å². The quantitative estimate of drug-likeness (QED) is 0.767. The van der Waals surface area contributed by atoms with Crippen LogP contribution in [0.25, 0.3) is 0 Å². The summed E-state index contributed by atoms with van der Waals surface area (Å²) >= 11 is 0. The van der Waals surface area contributed by atoms with Crippen LogP contribution in [0, 0.1) is 5.92 Å². The molecule has 104 valence electrons. The van der Waals surface area contributed by atoms with Crippen LogP contribution in [0.1, 0.15) is 52.4 Å². The van der Waals surface area contributed by atoms with Crippen molar-refractivity contribution in [1.82, 2.24) is 9.80 Å². The van der Waals surface area contributed by atoms with E-state index >= 15 is 0 Å². The predicted octanol–water partition coefficient (Wildman–Crippen LogP) is 2.51. The van der Waals surface area contributed by atoms with Gasteiger partial charge in [-0.2, -0.15) is 0 Å². The van der Waals surface area contributed by atoms with Crippen LogP contribution in [-0.4, -0.2) is 47.9 Å². The summed E-state index contributed by atoms with van der Waals surface area (Å²) in [4.78, 5) is 16.5. The molecule has 0 radical (unpaired) electrons. The molecular formula is C15H28N2O. The van der Waals surface area contributed by atoms with E-state index < -0.39 is 0 Å². The van der Waals surface area contributed by atoms with Gasteiger partial charge in [0.15, 0.2) is 0 Å². The van der Waals surface area contributed by atoms with E-state index in [0.29, 0.717) is 24.3 Å². The van der Waals surface area contributed by atoms with Crippen molar-refractivity contribution in [3.63, 3.8) is 0 Å². The smallest absolute Gasteiger partial charge is 0.222 e. The number of likely N-dealkylation sites (N-methyl/N-ethyl adjacent to an activating group) is 1. The van der Waals surface area contributed by atoms with Gasteiger partial charge in [0, 0.05) is 31.6 Å². The van der Waals surface area contributed by atoms with Crippen molar-refractivity contribution in [2.24, 2.45) is 5.92 Å². The van der Waals surface area contributed by atoms with E-state index in [-0.39, 0.29) is 0 Å². The second-order valence-corrected chi connectivity index (χ2v) is 6.51. The number of carbonyl (C=O) groups excluding carboxylic acids is 1. The van der Waals surface area contributed by atoms with Gasteiger partial charge in [0.1, 0.15) is 0 Å². The number of nitrogens with zero attached hydrogens (tertiary/aromatic N) is 2. The Kier molecular flexibility index (Phi) is 4.66. The number of hydrogen-bond acceptors (Lipinski definition) is 2. The monoisotopic (exact) mass is 252 g/mol. The molecule has 1 amide bonds. The van der Waals surface area contributed by atoms with Gasteiger partial charge in [0.05, 0.1) is 0 Å². The molecule has 0 atom stereocenters. The topological polar surface area (TPSA) is 23.6 Å². The molecule has 2 aliphatic rings. The molecule has 2 fully saturated rings. The number of likely N-dealkylation sites (tertiary alicyclic amines) is 1. The summed E-state index contributed by atoms with van der Waals surface area (Å²) in [6, 6.07) is 1.38. The summed E-state index contributed by atoms with van der Waals surface area (Å²) < 4.78 is 0. The molecule has 0 N–H and O–H groups in total. The fraction of sp³-hybridized carbons (Fsp3) is 0.933. The minimum atomic E-state index is 0.346. The Labute approximate surface area is 112 Å². The van der Waals surface area contributed by atoms with Gasteiger partial charge in [0.25, 0.3) is 0 Å². The fourth-order valence-corrected chi connectivity index (χ4v) is 3.18. The summed E-state index contributed by atoms with van der Waals surface area (Å²) in [5.41, 5.74) is 0. The van der Waals surface area contributed by atoms with E-state index in [4.69, 9.17) is 0 Å². The molecule has 1 heterocycles. The van der Waals surface area contributed by atoms with Crippen LogP contribution in [0.4, 0.5) is 0 Å². The molecule has 18 heavy (non-hydrogen) atoms. The molecule has 3 nitrogen and oxygen atoms in total. The first-order chi connectivity index (χ1) is 8.58. The minimum Gasteiger partial charge on any atom is -0.339 e. The van der Waals surface area contributed by atoms with Crippen LogP contribution in [0.2, 0.25) is 0 Å². The highest BCUT2D eigenvalue weighted by molar-refractivity contribution is 5.77. The molecule has 2 rings (SSSR count). The van der Waals surface area contributed by atoms with Gasteiger partial charge in [0.2, 0.25) is 5.91 Å².